The monoisotopic (exact) mass is 688 g/mol. The van der Waals surface area contributed by atoms with Gasteiger partial charge in [-0.1, -0.05) is 81.8 Å². The summed E-state index contributed by atoms with van der Waals surface area (Å²) in [6.45, 7) is 7.23. The summed E-state index contributed by atoms with van der Waals surface area (Å²) in [6.07, 6.45) is 1.63. The lowest BCUT2D eigenvalue weighted by Crippen LogP contribution is -2.49. The van der Waals surface area contributed by atoms with Crippen molar-refractivity contribution in [2.75, 3.05) is 13.7 Å². The molecule has 0 unspecified atom stereocenters. The second-order valence-electron chi connectivity index (χ2n) is 12.7. The van der Waals surface area contributed by atoms with Crippen molar-refractivity contribution in [3.8, 4) is 5.75 Å². The summed E-state index contributed by atoms with van der Waals surface area (Å²) in [4.78, 5) is 53.3. The van der Waals surface area contributed by atoms with Gasteiger partial charge in [-0.15, -0.1) is 11.6 Å². The van der Waals surface area contributed by atoms with Crippen LogP contribution < -0.4 is 15.4 Å². The third-order valence-corrected chi connectivity index (χ3v) is 9.25. The van der Waals surface area contributed by atoms with Crippen LogP contribution in [-0.4, -0.2) is 60.6 Å². The third kappa shape index (κ3) is 11.4. The molecule has 0 bridgehead atoms. The summed E-state index contributed by atoms with van der Waals surface area (Å²) >= 11 is 13.0. The van der Waals surface area contributed by atoms with E-state index in [1.54, 1.807) is 31.2 Å². The maximum Gasteiger partial charge on any atom is 0.311 e. The number of ketones is 1. The molecule has 2 aromatic rings. The molecule has 3 N–H and O–H groups in total. The molecule has 1 aliphatic heterocycles. The number of halogens is 2. The number of Topliss-reactive ketones (excluding diaryl/α,β-unsaturated/α-hetero) is 1. The number of methoxy groups -OCH3 is 1. The Morgan fingerprint density at radius 1 is 1.06 bits per heavy atom. The lowest BCUT2D eigenvalue weighted by molar-refractivity contribution is -0.160. The lowest BCUT2D eigenvalue weighted by Gasteiger charge is -2.31. The van der Waals surface area contributed by atoms with Gasteiger partial charge < -0.3 is 25.2 Å². The molecule has 2 aromatic carbocycles. The van der Waals surface area contributed by atoms with Crippen LogP contribution in [0.15, 0.2) is 60.7 Å². The van der Waals surface area contributed by atoms with Gasteiger partial charge in [-0.3, -0.25) is 19.2 Å². The van der Waals surface area contributed by atoms with Gasteiger partial charge in [-0.05, 0) is 59.9 Å². The Hall–Kier alpha value is -3.40. The summed E-state index contributed by atoms with van der Waals surface area (Å²) < 4.78 is 11.0. The van der Waals surface area contributed by atoms with Gasteiger partial charge in [0.1, 0.15) is 11.8 Å². The van der Waals surface area contributed by atoms with Gasteiger partial charge in [0, 0.05) is 19.4 Å². The summed E-state index contributed by atoms with van der Waals surface area (Å²) in [6, 6.07) is 13.3. The Morgan fingerprint density at radius 2 is 1.77 bits per heavy atom. The number of hydrogen-bond donors (Lipinski definition) is 3. The maximum absolute atomic E-state index is 13.7. The van der Waals surface area contributed by atoms with Gasteiger partial charge in [-0.2, -0.15) is 0 Å². The summed E-state index contributed by atoms with van der Waals surface area (Å²) in [5.41, 5.74) is 1.43. The molecule has 0 spiro atoms. The van der Waals surface area contributed by atoms with E-state index >= 15 is 0 Å². The van der Waals surface area contributed by atoms with Gasteiger partial charge in [-0.25, -0.2) is 0 Å². The first-order valence-corrected chi connectivity index (χ1v) is 16.8. The second-order valence-corrected chi connectivity index (χ2v) is 13.5. The number of esters is 1. The fourth-order valence-corrected chi connectivity index (χ4v) is 6.15. The van der Waals surface area contributed by atoms with Crippen molar-refractivity contribution in [2.45, 2.75) is 77.0 Å². The van der Waals surface area contributed by atoms with E-state index in [0.29, 0.717) is 22.8 Å². The van der Waals surface area contributed by atoms with Crippen molar-refractivity contribution >= 4 is 46.8 Å². The first kappa shape index (κ1) is 38.1. The Kier molecular flexibility index (Phi) is 14.8. The number of cyclic esters (lactones) is 1. The molecule has 0 saturated heterocycles. The SMILES string of the molecule is COc1ccc(C[C@H]2NC(=O)/C=C/C[C@@H]([C@H](C)[C@@H](O)[C@@H](Cl)c3ccccc3)CC(=O)[C@H](CC(C)C)OC(=O)[C@H](C)CNC2=O)cc1Cl. The predicted molar refractivity (Wildman–Crippen MR) is 182 cm³/mol. The molecule has 11 heteroatoms. The highest BCUT2D eigenvalue weighted by Gasteiger charge is 2.34. The van der Waals surface area contributed by atoms with Crippen LogP contribution in [0.4, 0.5) is 0 Å². The number of aliphatic hydroxyl groups excluding tert-OH is 1. The van der Waals surface area contributed by atoms with Crippen molar-refractivity contribution < 1.29 is 33.8 Å². The topological polar surface area (TPSA) is 131 Å². The van der Waals surface area contributed by atoms with Crippen LogP contribution in [0.2, 0.25) is 5.02 Å². The number of hydrogen-bond acceptors (Lipinski definition) is 7. The summed E-state index contributed by atoms with van der Waals surface area (Å²) in [5, 5.41) is 16.4. The summed E-state index contributed by atoms with van der Waals surface area (Å²) in [7, 11) is 1.50. The van der Waals surface area contributed by atoms with Crippen molar-refractivity contribution in [3.05, 3.63) is 76.8 Å². The molecule has 2 amide bonds. The zero-order valence-electron chi connectivity index (χ0n) is 27.6. The molecule has 1 aliphatic rings. The average molecular weight is 690 g/mol. The third-order valence-electron chi connectivity index (χ3n) is 8.45. The van der Waals surface area contributed by atoms with Gasteiger partial charge in [0.2, 0.25) is 11.8 Å². The predicted octanol–water partition coefficient (Wildman–Crippen LogP) is 5.60. The van der Waals surface area contributed by atoms with Crippen LogP contribution in [0.5, 0.6) is 5.75 Å². The molecule has 0 radical (unpaired) electrons. The zero-order chi connectivity index (χ0) is 34.7. The van der Waals surface area contributed by atoms with Crippen molar-refractivity contribution in [1.82, 2.24) is 10.6 Å². The number of alkyl halides is 1. The second kappa shape index (κ2) is 18.2. The van der Waals surface area contributed by atoms with E-state index in [1.807, 2.05) is 51.1 Å². The van der Waals surface area contributed by atoms with Crippen molar-refractivity contribution in [1.29, 1.82) is 0 Å². The number of nitrogens with one attached hydrogen (secondary N) is 2. The molecule has 0 aromatic heterocycles. The fourth-order valence-electron chi connectivity index (χ4n) is 5.49. The smallest absolute Gasteiger partial charge is 0.311 e. The van der Waals surface area contributed by atoms with E-state index in [4.69, 9.17) is 32.7 Å². The minimum Gasteiger partial charge on any atom is -0.495 e. The van der Waals surface area contributed by atoms with E-state index in [2.05, 4.69) is 10.6 Å². The number of carbonyl (C=O) groups excluding carboxylic acids is 4. The largest absolute Gasteiger partial charge is 0.495 e. The normalized spacial score (nSPS) is 24.4. The maximum atomic E-state index is 13.7. The van der Waals surface area contributed by atoms with Crippen LogP contribution in [0.1, 0.15) is 63.5 Å². The Bertz CT molecular complexity index is 1400. The highest BCUT2D eigenvalue weighted by atomic mass is 35.5. The number of benzene rings is 2. The van der Waals surface area contributed by atoms with Crippen molar-refractivity contribution in [3.63, 3.8) is 0 Å². The van der Waals surface area contributed by atoms with Crippen LogP contribution >= 0.6 is 23.2 Å². The highest BCUT2D eigenvalue weighted by molar-refractivity contribution is 6.32. The van der Waals surface area contributed by atoms with E-state index in [1.165, 1.54) is 13.2 Å². The fraction of sp³-hybridized carbons (Fsp3) is 0.500. The van der Waals surface area contributed by atoms with E-state index in [9.17, 15) is 24.3 Å². The molecule has 9 nitrogen and oxygen atoms in total. The van der Waals surface area contributed by atoms with Crippen LogP contribution in [-0.2, 0) is 30.3 Å². The standard InChI is InChI=1S/C36H46Cl2N2O7/c1-21(2)16-31-29(41)19-26(23(4)34(43)33(38)25-10-7-6-8-11-25)12-9-13-32(42)40-28(35(44)39-20-22(3)36(45)47-31)18-24-14-15-30(46-5)27(37)17-24/h6-11,13-15,17,21-23,26,28,31,33-34,43H,12,16,18-20H2,1-5H3,(H,39,44)(H,40,42)/b13-9+/t22-,23+,26-,28-,31+,33+,34-/m1/s1. The number of carbonyl (C=O) groups is 4. The number of rotatable bonds is 9. The van der Waals surface area contributed by atoms with E-state index in [-0.39, 0.29) is 37.5 Å². The Balaban J connectivity index is 1.92. The molecule has 7 atom stereocenters. The molecule has 0 fully saturated rings. The minimum atomic E-state index is -1.01. The van der Waals surface area contributed by atoms with Crippen molar-refractivity contribution in [2.24, 2.45) is 23.7 Å². The van der Waals surface area contributed by atoms with Crippen LogP contribution in [0, 0.1) is 23.7 Å². The minimum absolute atomic E-state index is 0.000772. The molecule has 0 aliphatic carbocycles. The first-order chi connectivity index (χ1) is 22.3. The van der Waals surface area contributed by atoms with Gasteiger partial charge in [0.25, 0.3) is 0 Å². The van der Waals surface area contributed by atoms with Crippen LogP contribution in [0.3, 0.4) is 0 Å². The van der Waals surface area contributed by atoms with Gasteiger partial charge in [0.15, 0.2) is 11.9 Å². The van der Waals surface area contributed by atoms with Crippen LogP contribution in [0.25, 0.3) is 0 Å². The average Bonchev–Trinajstić information content (AvgIpc) is 3.04. The molecule has 256 valence electrons. The number of ether oxygens (including phenoxy) is 2. The van der Waals surface area contributed by atoms with Gasteiger partial charge in [0.05, 0.1) is 29.5 Å². The molecule has 0 saturated carbocycles. The molecule has 3 rings (SSSR count). The highest BCUT2D eigenvalue weighted by Crippen LogP contribution is 2.35. The molecule has 47 heavy (non-hydrogen) atoms. The lowest BCUT2D eigenvalue weighted by atomic mass is 9.80. The van der Waals surface area contributed by atoms with E-state index < -0.39 is 59.2 Å². The number of amides is 2. The first-order valence-electron chi connectivity index (χ1n) is 16.0. The molecular weight excluding hydrogens is 643 g/mol. The molecular formula is C36H46Cl2N2O7. The number of allylic oxidation sites excluding steroid dienone is 1. The Morgan fingerprint density at radius 3 is 2.40 bits per heavy atom. The van der Waals surface area contributed by atoms with E-state index in [0.717, 1.165) is 5.56 Å². The Labute approximate surface area is 287 Å². The zero-order valence-corrected chi connectivity index (χ0v) is 29.1. The number of aliphatic hydroxyl groups is 1. The molecule has 1 heterocycles. The van der Waals surface area contributed by atoms with Gasteiger partial charge >= 0.3 is 5.97 Å². The summed E-state index contributed by atoms with van der Waals surface area (Å²) in [5.74, 6) is -3.05. The quantitative estimate of drug-likeness (QED) is 0.231.